The maximum atomic E-state index is 3.63. The lowest BCUT2D eigenvalue weighted by Crippen LogP contribution is -2.25. The zero-order valence-corrected chi connectivity index (χ0v) is 31.8. The van der Waals surface area contributed by atoms with E-state index in [0.29, 0.717) is 0 Å². The topological polar surface area (TPSA) is 3.24 Å². The van der Waals surface area contributed by atoms with Crippen LogP contribution in [0.25, 0.3) is 0 Å². The predicted octanol–water partition coefficient (Wildman–Crippen LogP) is 15.8. The van der Waals surface area contributed by atoms with Crippen LogP contribution < -0.4 is 4.90 Å². The smallest absolute Gasteiger partial charge is 0.0366 e. The molecule has 0 aliphatic heterocycles. The van der Waals surface area contributed by atoms with Gasteiger partial charge in [-0.1, -0.05) is 222 Å². The molecule has 0 aromatic heterocycles. The number of unbranched alkanes of at least 4 members (excludes halogenated alkanes) is 30. The van der Waals surface area contributed by atoms with Gasteiger partial charge < -0.3 is 4.90 Å². The summed E-state index contributed by atoms with van der Waals surface area (Å²) in [6.07, 6.45) is 46.1. The molecule has 0 aliphatic rings. The third-order valence-electron chi connectivity index (χ3n) is 9.75. The standard InChI is InChI=1S/C42H78BrN/c1-3-5-7-9-11-13-15-17-19-21-23-25-27-29-31-33-39-44(42-37-35-41(43)36-38-42)40-34-32-30-28-26-24-22-20-18-16-14-12-10-8-6-4-2/h35-38H,3-34,39-40H2,1-2H3. The molecule has 1 aromatic rings. The van der Waals surface area contributed by atoms with Crippen LogP contribution in [-0.4, -0.2) is 13.1 Å². The number of benzene rings is 1. The number of nitrogens with zero attached hydrogens (tertiary/aromatic N) is 1. The fourth-order valence-electron chi connectivity index (χ4n) is 6.72. The van der Waals surface area contributed by atoms with Crippen molar-refractivity contribution in [2.24, 2.45) is 0 Å². The highest BCUT2D eigenvalue weighted by molar-refractivity contribution is 9.10. The van der Waals surface area contributed by atoms with Crippen LogP contribution in [0, 0.1) is 0 Å². The van der Waals surface area contributed by atoms with E-state index in [0.717, 1.165) is 0 Å². The van der Waals surface area contributed by atoms with Crippen LogP contribution in [0.5, 0.6) is 0 Å². The molecule has 1 nitrogen and oxygen atoms in total. The highest BCUT2D eigenvalue weighted by Gasteiger charge is 2.07. The summed E-state index contributed by atoms with van der Waals surface area (Å²) in [4.78, 5) is 2.67. The van der Waals surface area contributed by atoms with E-state index < -0.39 is 0 Å². The summed E-state index contributed by atoms with van der Waals surface area (Å²) in [5.41, 5.74) is 1.41. The van der Waals surface area contributed by atoms with Crippen LogP contribution in [0.2, 0.25) is 0 Å². The molecule has 0 atom stereocenters. The van der Waals surface area contributed by atoms with Crippen molar-refractivity contribution in [3.63, 3.8) is 0 Å². The molecule has 0 N–H and O–H groups in total. The van der Waals surface area contributed by atoms with E-state index in [-0.39, 0.29) is 0 Å². The molecular formula is C42H78BrN. The van der Waals surface area contributed by atoms with Gasteiger partial charge in [0.2, 0.25) is 0 Å². The van der Waals surface area contributed by atoms with Gasteiger partial charge in [-0.15, -0.1) is 0 Å². The Morgan fingerprint density at radius 2 is 0.568 bits per heavy atom. The maximum absolute atomic E-state index is 3.63. The third kappa shape index (κ3) is 27.8. The van der Waals surface area contributed by atoms with Gasteiger partial charge in [0.1, 0.15) is 0 Å². The van der Waals surface area contributed by atoms with Crippen LogP contribution in [0.4, 0.5) is 5.69 Å². The molecule has 0 radical (unpaired) electrons. The van der Waals surface area contributed by atoms with Crippen molar-refractivity contribution in [3.05, 3.63) is 28.7 Å². The molecule has 1 aromatic carbocycles. The van der Waals surface area contributed by atoms with E-state index in [4.69, 9.17) is 0 Å². The summed E-state index contributed by atoms with van der Waals surface area (Å²) >= 11 is 3.63. The molecule has 44 heavy (non-hydrogen) atoms. The molecule has 0 aliphatic carbocycles. The summed E-state index contributed by atoms with van der Waals surface area (Å²) in [6, 6.07) is 9.04. The van der Waals surface area contributed by atoms with Crippen molar-refractivity contribution >= 4 is 21.6 Å². The monoisotopic (exact) mass is 676 g/mol. The lowest BCUT2D eigenvalue weighted by atomic mass is 10.0. The Balaban J connectivity index is 2.01. The van der Waals surface area contributed by atoms with Crippen molar-refractivity contribution in [2.45, 2.75) is 219 Å². The predicted molar refractivity (Wildman–Crippen MR) is 205 cm³/mol. The number of hydrogen-bond acceptors (Lipinski definition) is 1. The summed E-state index contributed by atoms with van der Waals surface area (Å²) in [7, 11) is 0. The highest BCUT2D eigenvalue weighted by atomic mass is 79.9. The molecule has 0 fully saturated rings. The molecule has 0 saturated heterocycles. The number of halogens is 1. The minimum Gasteiger partial charge on any atom is -0.372 e. The zero-order chi connectivity index (χ0) is 31.6. The number of rotatable bonds is 35. The van der Waals surface area contributed by atoms with Gasteiger partial charge >= 0.3 is 0 Å². The van der Waals surface area contributed by atoms with Gasteiger partial charge in [-0.25, -0.2) is 0 Å². The summed E-state index contributed by atoms with van der Waals surface area (Å²) in [5.74, 6) is 0. The molecular weight excluding hydrogens is 598 g/mol. The first-order chi connectivity index (χ1) is 21.8. The molecule has 258 valence electrons. The summed E-state index contributed by atoms with van der Waals surface area (Å²) < 4.78 is 1.19. The van der Waals surface area contributed by atoms with Gasteiger partial charge in [-0.3, -0.25) is 0 Å². The molecule has 0 saturated carbocycles. The number of anilines is 1. The van der Waals surface area contributed by atoms with Gasteiger partial charge in [0.05, 0.1) is 0 Å². The molecule has 2 heteroatoms. The quantitative estimate of drug-likeness (QED) is 0.0647. The second-order valence-corrected chi connectivity index (χ2v) is 15.0. The van der Waals surface area contributed by atoms with E-state index in [1.807, 2.05) is 0 Å². The lowest BCUT2D eigenvalue weighted by molar-refractivity contribution is 0.524. The van der Waals surface area contributed by atoms with E-state index in [2.05, 4.69) is 58.9 Å². The van der Waals surface area contributed by atoms with Gasteiger partial charge in [-0.05, 0) is 37.1 Å². The number of hydrogen-bond donors (Lipinski definition) is 0. The highest BCUT2D eigenvalue weighted by Crippen LogP contribution is 2.21. The van der Waals surface area contributed by atoms with Crippen molar-refractivity contribution in [3.8, 4) is 0 Å². The Kier molecular flexibility index (Phi) is 31.9. The van der Waals surface area contributed by atoms with E-state index in [9.17, 15) is 0 Å². The minimum absolute atomic E-state index is 1.19. The summed E-state index contributed by atoms with van der Waals surface area (Å²) in [5, 5.41) is 0. The van der Waals surface area contributed by atoms with Gasteiger partial charge in [0.15, 0.2) is 0 Å². The van der Waals surface area contributed by atoms with Crippen LogP contribution in [0.15, 0.2) is 28.7 Å². The van der Waals surface area contributed by atoms with Crippen LogP contribution in [0.1, 0.15) is 219 Å². The fraction of sp³-hybridized carbons (Fsp3) is 0.857. The molecule has 0 spiro atoms. The van der Waals surface area contributed by atoms with Crippen molar-refractivity contribution in [2.75, 3.05) is 18.0 Å². The van der Waals surface area contributed by atoms with Crippen molar-refractivity contribution in [1.29, 1.82) is 0 Å². The SMILES string of the molecule is CCCCCCCCCCCCCCCCCCN(CCCCCCCCCCCCCCCCCC)c1ccc(Br)cc1. The van der Waals surface area contributed by atoms with Crippen molar-refractivity contribution < 1.29 is 0 Å². The second-order valence-electron chi connectivity index (χ2n) is 14.1. The average Bonchev–Trinajstić information content (AvgIpc) is 3.03. The van der Waals surface area contributed by atoms with Gasteiger partial charge in [0.25, 0.3) is 0 Å². The van der Waals surface area contributed by atoms with Crippen LogP contribution in [0.3, 0.4) is 0 Å². The normalized spacial score (nSPS) is 11.4. The molecule has 0 unspecified atom stereocenters. The first-order valence-electron chi connectivity index (χ1n) is 20.3. The van der Waals surface area contributed by atoms with Gasteiger partial charge in [-0.2, -0.15) is 0 Å². The maximum Gasteiger partial charge on any atom is 0.0366 e. The Bertz CT molecular complexity index is 635. The van der Waals surface area contributed by atoms with E-state index in [1.165, 1.54) is 229 Å². The van der Waals surface area contributed by atoms with Gasteiger partial charge in [0, 0.05) is 23.2 Å². The fourth-order valence-corrected chi connectivity index (χ4v) is 6.99. The minimum atomic E-state index is 1.19. The largest absolute Gasteiger partial charge is 0.372 e. The molecule has 0 heterocycles. The summed E-state index contributed by atoms with van der Waals surface area (Å²) in [6.45, 7) is 7.06. The third-order valence-corrected chi connectivity index (χ3v) is 10.3. The van der Waals surface area contributed by atoms with Crippen LogP contribution >= 0.6 is 15.9 Å². The molecule has 0 bridgehead atoms. The molecule has 0 amide bonds. The van der Waals surface area contributed by atoms with Crippen molar-refractivity contribution in [1.82, 2.24) is 0 Å². The lowest BCUT2D eigenvalue weighted by Gasteiger charge is -2.25. The van der Waals surface area contributed by atoms with E-state index in [1.54, 1.807) is 0 Å². The zero-order valence-electron chi connectivity index (χ0n) is 30.2. The second kappa shape index (κ2) is 33.9. The Morgan fingerprint density at radius 3 is 0.818 bits per heavy atom. The Hall–Kier alpha value is -0.500. The van der Waals surface area contributed by atoms with E-state index >= 15 is 0 Å². The Labute approximate surface area is 286 Å². The van der Waals surface area contributed by atoms with Crippen LogP contribution in [-0.2, 0) is 0 Å². The average molecular weight is 677 g/mol. The first-order valence-corrected chi connectivity index (χ1v) is 21.1. The Morgan fingerprint density at radius 1 is 0.341 bits per heavy atom. The first kappa shape index (κ1) is 41.5. The molecule has 1 rings (SSSR count).